The highest BCUT2D eigenvalue weighted by Gasteiger charge is 2.02. The summed E-state index contributed by atoms with van der Waals surface area (Å²) in [6.07, 6.45) is 2.58. The first-order valence-electron chi connectivity index (χ1n) is 6.02. The number of hydrogen-bond acceptors (Lipinski definition) is 3. The Morgan fingerprint density at radius 2 is 2.05 bits per heavy atom. The second kappa shape index (κ2) is 5.90. The fraction of sp³-hybridized carbons (Fsp3) is 0.231. The van der Waals surface area contributed by atoms with Crippen LogP contribution in [-0.2, 0) is 13.5 Å². The summed E-state index contributed by atoms with van der Waals surface area (Å²) in [5.74, 6) is 0. The molecule has 2 aromatic rings. The van der Waals surface area contributed by atoms with Gasteiger partial charge in [0, 0.05) is 37.6 Å². The van der Waals surface area contributed by atoms with Gasteiger partial charge in [-0.05, 0) is 30.3 Å². The molecule has 0 saturated carbocycles. The highest BCUT2D eigenvalue weighted by Crippen LogP contribution is 2.09. The van der Waals surface area contributed by atoms with Crippen molar-refractivity contribution in [2.75, 3.05) is 17.6 Å². The van der Waals surface area contributed by atoms with Crippen LogP contribution in [0.4, 0.5) is 16.2 Å². The summed E-state index contributed by atoms with van der Waals surface area (Å²) in [4.78, 5) is 11.6. The summed E-state index contributed by atoms with van der Waals surface area (Å²) >= 11 is 0. The SMILES string of the molecule is Cn1ccc(CCNC(=O)Nc2ccc(N)cc2)n1. The van der Waals surface area contributed by atoms with E-state index in [-0.39, 0.29) is 6.03 Å². The Balaban J connectivity index is 1.74. The minimum absolute atomic E-state index is 0.235. The summed E-state index contributed by atoms with van der Waals surface area (Å²) in [7, 11) is 1.87. The van der Waals surface area contributed by atoms with Gasteiger partial charge in [-0.3, -0.25) is 4.68 Å². The molecule has 0 fully saturated rings. The van der Waals surface area contributed by atoms with E-state index in [9.17, 15) is 4.79 Å². The van der Waals surface area contributed by atoms with Gasteiger partial charge in [0.15, 0.2) is 0 Å². The third-order valence-corrected chi connectivity index (χ3v) is 2.60. The summed E-state index contributed by atoms with van der Waals surface area (Å²) < 4.78 is 1.74. The standard InChI is InChI=1S/C13H17N5O/c1-18-9-7-12(17-18)6-8-15-13(19)16-11-4-2-10(14)3-5-11/h2-5,7,9H,6,8,14H2,1H3,(H2,15,16,19). The largest absolute Gasteiger partial charge is 0.399 e. The van der Waals surface area contributed by atoms with Gasteiger partial charge in [-0.15, -0.1) is 0 Å². The molecule has 0 aliphatic carbocycles. The minimum Gasteiger partial charge on any atom is -0.399 e. The number of nitrogens with zero attached hydrogens (tertiary/aromatic N) is 2. The number of hydrogen-bond donors (Lipinski definition) is 3. The molecule has 100 valence electrons. The van der Waals surface area contributed by atoms with Crippen LogP contribution in [0.15, 0.2) is 36.5 Å². The summed E-state index contributed by atoms with van der Waals surface area (Å²) in [5, 5.41) is 9.73. The first-order valence-corrected chi connectivity index (χ1v) is 6.02. The van der Waals surface area contributed by atoms with E-state index >= 15 is 0 Å². The van der Waals surface area contributed by atoms with Crippen molar-refractivity contribution in [3.63, 3.8) is 0 Å². The molecule has 0 aliphatic heterocycles. The maximum atomic E-state index is 11.6. The average Bonchev–Trinajstić information content (AvgIpc) is 2.78. The van der Waals surface area contributed by atoms with Gasteiger partial charge in [0.1, 0.15) is 0 Å². The predicted molar refractivity (Wildman–Crippen MR) is 74.8 cm³/mol. The number of nitrogen functional groups attached to an aromatic ring is 1. The number of carbonyl (C=O) groups is 1. The molecule has 2 amide bonds. The van der Waals surface area contributed by atoms with E-state index in [4.69, 9.17) is 5.73 Å². The van der Waals surface area contributed by atoms with Crippen LogP contribution < -0.4 is 16.4 Å². The minimum atomic E-state index is -0.235. The number of nitrogens with two attached hydrogens (primary N) is 1. The van der Waals surface area contributed by atoms with E-state index in [1.54, 1.807) is 28.9 Å². The monoisotopic (exact) mass is 259 g/mol. The normalized spacial score (nSPS) is 10.2. The zero-order chi connectivity index (χ0) is 13.7. The molecular formula is C13H17N5O. The molecule has 0 spiro atoms. The van der Waals surface area contributed by atoms with Gasteiger partial charge in [-0.1, -0.05) is 0 Å². The highest BCUT2D eigenvalue weighted by molar-refractivity contribution is 5.89. The van der Waals surface area contributed by atoms with Crippen molar-refractivity contribution in [3.8, 4) is 0 Å². The maximum Gasteiger partial charge on any atom is 0.319 e. The topological polar surface area (TPSA) is 85.0 Å². The predicted octanol–water partition coefficient (Wildman–Crippen LogP) is 1.37. The van der Waals surface area contributed by atoms with Crippen LogP contribution in [0.2, 0.25) is 0 Å². The van der Waals surface area contributed by atoms with Crippen molar-refractivity contribution in [3.05, 3.63) is 42.2 Å². The zero-order valence-corrected chi connectivity index (χ0v) is 10.8. The van der Waals surface area contributed by atoms with Crippen LogP contribution in [0.1, 0.15) is 5.69 Å². The van der Waals surface area contributed by atoms with Crippen molar-refractivity contribution in [2.24, 2.45) is 7.05 Å². The number of nitrogens with one attached hydrogen (secondary N) is 2. The number of aryl methyl sites for hydroxylation is 1. The number of aromatic nitrogens is 2. The summed E-state index contributed by atoms with van der Waals surface area (Å²) in [5.41, 5.74) is 7.90. The molecule has 0 radical (unpaired) electrons. The van der Waals surface area contributed by atoms with E-state index in [1.807, 2.05) is 19.3 Å². The van der Waals surface area contributed by atoms with Gasteiger partial charge in [0.25, 0.3) is 0 Å². The second-order valence-corrected chi connectivity index (χ2v) is 4.23. The summed E-state index contributed by atoms with van der Waals surface area (Å²) in [6, 6.07) is 8.69. The lowest BCUT2D eigenvalue weighted by atomic mass is 10.3. The van der Waals surface area contributed by atoms with E-state index in [0.29, 0.717) is 24.3 Å². The van der Waals surface area contributed by atoms with Crippen LogP contribution in [-0.4, -0.2) is 22.4 Å². The molecule has 0 saturated heterocycles. The van der Waals surface area contributed by atoms with Gasteiger partial charge >= 0.3 is 6.03 Å². The molecule has 1 aromatic carbocycles. The number of rotatable bonds is 4. The number of urea groups is 1. The number of amides is 2. The molecule has 6 heteroatoms. The quantitative estimate of drug-likeness (QED) is 0.725. The zero-order valence-electron chi connectivity index (χ0n) is 10.8. The number of carbonyl (C=O) groups excluding carboxylic acids is 1. The molecule has 1 aromatic heterocycles. The lowest BCUT2D eigenvalue weighted by Gasteiger charge is -2.07. The highest BCUT2D eigenvalue weighted by atomic mass is 16.2. The molecule has 4 N–H and O–H groups in total. The number of anilines is 2. The van der Waals surface area contributed by atoms with Crippen molar-refractivity contribution < 1.29 is 4.79 Å². The Hall–Kier alpha value is -2.50. The second-order valence-electron chi connectivity index (χ2n) is 4.23. The lowest BCUT2D eigenvalue weighted by molar-refractivity contribution is 0.252. The molecule has 1 heterocycles. The van der Waals surface area contributed by atoms with Gasteiger partial charge in [0.05, 0.1) is 5.69 Å². The molecule has 0 atom stereocenters. The molecule has 2 rings (SSSR count). The van der Waals surface area contributed by atoms with E-state index in [0.717, 1.165) is 5.69 Å². The molecule has 6 nitrogen and oxygen atoms in total. The third kappa shape index (κ3) is 4.02. The van der Waals surface area contributed by atoms with Gasteiger partial charge in [0.2, 0.25) is 0 Å². The van der Waals surface area contributed by atoms with Crippen LogP contribution >= 0.6 is 0 Å². The van der Waals surface area contributed by atoms with Gasteiger partial charge < -0.3 is 16.4 Å². The maximum absolute atomic E-state index is 11.6. The molecule has 0 aliphatic rings. The Morgan fingerprint density at radius 1 is 1.32 bits per heavy atom. The first kappa shape index (κ1) is 12.9. The summed E-state index contributed by atoms with van der Waals surface area (Å²) in [6.45, 7) is 0.540. The van der Waals surface area contributed by atoms with Gasteiger partial charge in [-0.25, -0.2) is 4.79 Å². The van der Waals surface area contributed by atoms with Crippen LogP contribution in [0.5, 0.6) is 0 Å². The Kier molecular flexibility index (Phi) is 4.02. The third-order valence-electron chi connectivity index (χ3n) is 2.60. The van der Waals surface area contributed by atoms with Crippen LogP contribution in [0, 0.1) is 0 Å². The lowest BCUT2D eigenvalue weighted by Crippen LogP contribution is -2.30. The van der Waals surface area contributed by atoms with E-state index in [1.165, 1.54) is 0 Å². The Morgan fingerprint density at radius 3 is 2.68 bits per heavy atom. The van der Waals surface area contributed by atoms with Crippen molar-refractivity contribution in [2.45, 2.75) is 6.42 Å². The fourth-order valence-electron chi connectivity index (χ4n) is 1.64. The molecule has 19 heavy (non-hydrogen) atoms. The smallest absolute Gasteiger partial charge is 0.319 e. The first-order chi connectivity index (χ1) is 9.13. The molecule has 0 unspecified atom stereocenters. The van der Waals surface area contributed by atoms with Crippen molar-refractivity contribution >= 4 is 17.4 Å². The average molecular weight is 259 g/mol. The van der Waals surface area contributed by atoms with E-state index in [2.05, 4.69) is 15.7 Å². The van der Waals surface area contributed by atoms with Crippen molar-refractivity contribution in [1.82, 2.24) is 15.1 Å². The van der Waals surface area contributed by atoms with Gasteiger partial charge in [-0.2, -0.15) is 5.10 Å². The Labute approximate surface area is 111 Å². The fourth-order valence-corrected chi connectivity index (χ4v) is 1.64. The van der Waals surface area contributed by atoms with Crippen LogP contribution in [0.3, 0.4) is 0 Å². The van der Waals surface area contributed by atoms with Crippen LogP contribution in [0.25, 0.3) is 0 Å². The van der Waals surface area contributed by atoms with Crippen molar-refractivity contribution in [1.29, 1.82) is 0 Å². The van der Waals surface area contributed by atoms with E-state index < -0.39 is 0 Å². The Bertz CT molecular complexity index is 546. The molecular weight excluding hydrogens is 242 g/mol. The number of benzene rings is 1. The molecule has 0 bridgehead atoms.